The van der Waals surface area contributed by atoms with Gasteiger partial charge in [-0.1, -0.05) is 0 Å². The molecule has 0 aromatic rings. The maximum atomic E-state index is 10.7. The third kappa shape index (κ3) is 1.06. The van der Waals surface area contributed by atoms with E-state index in [9.17, 15) is 9.59 Å². The number of nitrogens with two attached hydrogens (primary N) is 1. The molecule has 1 heterocycles. The van der Waals surface area contributed by atoms with Crippen LogP contribution in [0.25, 0.3) is 0 Å². The average molecular weight is 159 g/mol. The Morgan fingerprint density at radius 3 is 2.50 bits per heavy atom. The fourth-order valence-corrected chi connectivity index (χ4v) is 0.836. The summed E-state index contributed by atoms with van der Waals surface area (Å²) in [6, 6.07) is -0.993. The number of thiocarbonyl (C=S) groups is 1. The molecule has 1 atom stereocenters. The maximum absolute atomic E-state index is 10.7. The van der Waals surface area contributed by atoms with Gasteiger partial charge in [-0.05, 0) is 12.2 Å². The van der Waals surface area contributed by atoms with Crippen LogP contribution < -0.4 is 16.4 Å². The summed E-state index contributed by atoms with van der Waals surface area (Å²) in [5.41, 5.74) is 4.83. The van der Waals surface area contributed by atoms with Gasteiger partial charge in [0.2, 0.25) is 5.91 Å². The smallest absolute Gasteiger partial charge is 0.258 e. The Balaban J connectivity index is 2.72. The molecule has 1 saturated heterocycles. The molecule has 2 amide bonds. The third-order valence-electron chi connectivity index (χ3n) is 1.06. The molecular formula is C4H5N3O2S. The van der Waals surface area contributed by atoms with Crippen LogP contribution in [0.1, 0.15) is 0 Å². The van der Waals surface area contributed by atoms with Gasteiger partial charge in [-0.15, -0.1) is 0 Å². The third-order valence-corrected chi connectivity index (χ3v) is 1.28. The van der Waals surface area contributed by atoms with Gasteiger partial charge in [0, 0.05) is 0 Å². The van der Waals surface area contributed by atoms with E-state index in [-0.39, 0.29) is 5.11 Å². The monoisotopic (exact) mass is 159 g/mol. The van der Waals surface area contributed by atoms with Gasteiger partial charge in [-0.2, -0.15) is 0 Å². The van der Waals surface area contributed by atoms with E-state index in [0.29, 0.717) is 0 Å². The highest BCUT2D eigenvalue weighted by Gasteiger charge is 2.31. The van der Waals surface area contributed by atoms with E-state index in [1.165, 1.54) is 0 Å². The zero-order chi connectivity index (χ0) is 7.72. The Morgan fingerprint density at radius 2 is 2.30 bits per heavy atom. The molecule has 0 bridgehead atoms. The molecule has 0 aromatic carbocycles. The van der Waals surface area contributed by atoms with Crippen molar-refractivity contribution in [1.82, 2.24) is 10.6 Å². The first-order chi connectivity index (χ1) is 4.61. The molecule has 1 aliphatic heterocycles. The van der Waals surface area contributed by atoms with Crippen LogP contribution in [0.15, 0.2) is 0 Å². The molecule has 5 nitrogen and oxygen atoms in total. The number of carbonyl (C=O) groups is 2. The van der Waals surface area contributed by atoms with Crippen molar-refractivity contribution >= 4 is 29.1 Å². The van der Waals surface area contributed by atoms with Crippen LogP contribution in [0, 0.1) is 0 Å². The zero-order valence-corrected chi connectivity index (χ0v) is 5.70. The first kappa shape index (κ1) is 6.94. The normalized spacial score (nSPS) is 23.8. The van der Waals surface area contributed by atoms with E-state index in [1.807, 2.05) is 0 Å². The quantitative estimate of drug-likeness (QED) is 0.301. The number of rotatable bonds is 1. The zero-order valence-electron chi connectivity index (χ0n) is 4.88. The molecule has 0 saturated carbocycles. The Hall–Kier alpha value is -1.17. The summed E-state index contributed by atoms with van der Waals surface area (Å²) in [7, 11) is 0. The summed E-state index contributed by atoms with van der Waals surface area (Å²) in [5.74, 6) is -1.21. The molecule has 1 fully saturated rings. The predicted molar refractivity (Wildman–Crippen MR) is 36.9 cm³/mol. The van der Waals surface area contributed by atoms with E-state index in [2.05, 4.69) is 22.9 Å². The van der Waals surface area contributed by atoms with Crippen molar-refractivity contribution < 1.29 is 9.59 Å². The van der Waals surface area contributed by atoms with Gasteiger partial charge in [0.15, 0.2) is 11.2 Å². The van der Waals surface area contributed by atoms with Crippen molar-refractivity contribution in [2.75, 3.05) is 0 Å². The number of primary amides is 1. The van der Waals surface area contributed by atoms with Gasteiger partial charge in [-0.3, -0.25) is 9.59 Å². The van der Waals surface area contributed by atoms with Crippen LogP contribution in [-0.2, 0) is 9.59 Å². The van der Waals surface area contributed by atoms with Crippen LogP contribution in [0.4, 0.5) is 0 Å². The van der Waals surface area contributed by atoms with Gasteiger partial charge in [-0.25, -0.2) is 0 Å². The summed E-state index contributed by atoms with van der Waals surface area (Å²) in [4.78, 5) is 21.1. The fraction of sp³-hybridized carbons (Fsp3) is 0.250. The highest BCUT2D eigenvalue weighted by molar-refractivity contribution is 7.80. The minimum atomic E-state index is -0.993. The van der Waals surface area contributed by atoms with Gasteiger partial charge in [0.1, 0.15) is 0 Å². The number of nitrogens with one attached hydrogen (secondary N) is 2. The molecule has 1 rings (SSSR count). The van der Waals surface area contributed by atoms with Crippen molar-refractivity contribution in [1.29, 1.82) is 0 Å². The van der Waals surface area contributed by atoms with Crippen LogP contribution >= 0.6 is 12.2 Å². The largest absolute Gasteiger partial charge is 0.367 e. The van der Waals surface area contributed by atoms with Crippen LogP contribution in [0.5, 0.6) is 0 Å². The minimum Gasteiger partial charge on any atom is -0.367 e. The molecule has 10 heavy (non-hydrogen) atoms. The molecule has 4 N–H and O–H groups in total. The van der Waals surface area contributed by atoms with E-state index in [0.717, 1.165) is 0 Å². The maximum Gasteiger partial charge on any atom is 0.258 e. The molecule has 0 aromatic heterocycles. The molecule has 54 valence electrons. The van der Waals surface area contributed by atoms with E-state index in [1.54, 1.807) is 0 Å². The Bertz CT molecular complexity index is 215. The molecule has 6 heteroatoms. The van der Waals surface area contributed by atoms with Crippen molar-refractivity contribution in [3.05, 3.63) is 0 Å². The summed E-state index contributed by atoms with van der Waals surface area (Å²) < 4.78 is 0. The second kappa shape index (κ2) is 2.22. The fourth-order valence-electron chi connectivity index (χ4n) is 0.617. The molecule has 0 spiro atoms. The lowest BCUT2D eigenvalue weighted by Crippen LogP contribution is -2.41. The van der Waals surface area contributed by atoms with Gasteiger partial charge >= 0.3 is 0 Å². The second-order valence-corrected chi connectivity index (χ2v) is 2.21. The Kier molecular flexibility index (Phi) is 1.54. The molecule has 0 aliphatic carbocycles. The minimum absolute atomic E-state index is 0.147. The van der Waals surface area contributed by atoms with Crippen LogP contribution in [0.2, 0.25) is 0 Å². The number of amides is 2. The standard InChI is InChI=1S/C4H5N3O2S/c5-2(8)1-3(9)7-4(10)6-1/h1H,(H2,5,8)(H2,6,7,9,10)/t1-/m0/s1. The first-order valence-electron chi connectivity index (χ1n) is 2.52. The van der Waals surface area contributed by atoms with Crippen molar-refractivity contribution in [3.63, 3.8) is 0 Å². The SMILES string of the molecule is NC(=O)[C@@H]1NC(=S)NC1=O. The summed E-state index contributed by atoms with van der Waals surface area (Å²) in [6.07, 6.45) is 0. The van der Waals surface area contributed by atoms with Crippen molar-refractivity contribution in [3.8, 4) is 0 Å². The van der Waals surface area contributed by atoms with Crippen LogP contribution in [0.3, 0.4) is 0 Å². The number of hydrogen-bond acceptors (Lipinski definition) is 3. The predicted octanol–water partition coefficient (Wildman–Crippen LogP) is -2.16. The topological polar surface area (TPSA) is 84.2 Å². The van der Waals surface area contributed by atoms with Gasteiger partial charge in [0.25, 0.3) is 5.91 Å². The summed E-state index contributed by atoms with van der Waals surface area (Å²) in [5, 5.41) is 4.78. The average Bonchev–Trinajstić information content (AvgIpc) is 2.10. The lowest BCUT2D eigenvalue weighted by Gasteiger charge is -1.98. The first-order valence-corrected chi connectivity index (χ1v) is 2.93. The molecule has 0 radical (unpaired) electrons. The Labute approximate surface area is 61.9 Å². The summed E-state index contributed by atoms with van der Waals surface area (Å²) >= 11 is 4.54. The number of hydrogen-bond donors (Lipinski definition) is 3. The summed E-state index contributed by atoms with van der Waals surface area (Å²) in [6.45, 7) is 0. The Morgan fingerprint density at radius 1 is 1.70 bits per heavy atom. The molecule has 0 unspecified atom stereocenters. The van der Waals surface area contributed by atoms with E-state index >= 15 is 0 Å². The molecule has 1 aliphatic rings. The van der Waals surface area contributed by atoms with Crippen LogP contribution in [-0.4, -0.2) is 23.0 Å². The number of carbonyl (C=O) groups excluding carboxylic acids is 2. The van der Waals surface area contributed by atoms with Gasteiger partial charge < -0.3 is 16.4 Å². The van der Waals surface area contributed by atoms with Crippen molar-refractivity contribution in [2.45, 2.75) is 6.04 Å². The highest BCUT2D eigenvalue weighted by atomic mass is 32.1. The molecular weight excluding hydrogens is 154 g/mol. The highest BCUT2D eigenvalue weighted by Crippen LogP contribution is 1.90. The van der Waals surface area contributed by atoms with E-state index in [4.69, 9.17) is 5.73 Å². The lowest BCUT2D eigenvalue weighted by molar-refractivity contribution is -0.128. The second-order valence-electron chi connectivity index (χ2n) is 1.80. The van der Waals surface area contributed by atoms with Crippen molar-refractivity contribution in [2.24, 2.45) is 5.73 Å². The lowest BCUT2D eigenvalue weighted by atomic mass is 10.3. The van der Waals surface area contributed by atoms with E-state index < -0.39 is 17.9 Å². The van der Waals surface area contributed by atoms with Gasteiger partial charge in [0.05, 0.1) is 0 Å².